The summed E-state index contributed by atoms with van der Waals surface area (Å²) in [5, 5.41) is 4.80. The predicted octanol–water partition coefficient (Wildman–Crippen LogP) is 5.30. The number of halogens is 1. The highest BCUT2D eigenvalue weighted by Gasteiger charge is 2.14. The summed E-state index contributed by atoms with van der Waals surface area (Å²) in [5.74, 6) is 0.920. The largest absolute Gasteiger partial charge is 0.300 e. The van der Waals surface area contributed by atoms with E-state index in [2.05, 4.69) is 41.5 Å². The maximum absolute atomic E-state index is 6.05. The van der Waals surface area contributed by atoms with E-state index in [9.17, 15) is 0 Å². The summed E-state index contributed by atoms with van der Waals surface area (Å²) in [6.07, 6.45) is 0. The number of nitrogens with zero attached hydrogens (tertiary/aromatic N) is 4. The van der Waals surface area contributed by atoms with E-state index in [-0.39, 0.29) is 0 Å². The Kier molecular flexibility index (Phi) is 6.06. The first-order chi connectivity index (χ1) is 12.1. The Labute approximate surface area is 162 Å². The van der Waals surface area contributed by atoms with Crippen LogP contribution in [0.15, 0.2) is 42.5 Å². The lowest BCUT2D eigenvalue weighted by Crippen LogP contribution is -2.26. The van der Waals surface area contributed by atoms with Crippen LogP contribution in [-0.4, -0.2) is 25.8 Å². The fraction of sp³-hybridized carbons (Fsp3) is 0.333. The molecule has 0 N–H and O–H groups in total. The summed E-state index contributed by atoms with van der Waals surface area (Å²) in [4.78, 5) is 3.55. The first-order valence-electron chi connectivity index (χ1n) is 8.32. The number of aromatic nitrogens is 3. The van der Waals surface area contributed by atoms with E-state index in [0.29, 0.717) is 6.67 Å². The Balaban J connectivity index is 1.86. The van der Waals surface area contributed by atoms with Gasteiger partial charge in [-0.15, -0.1) is 11.3 Å². The van der Waals surface area contributed by atoms with Crippen LogP contribution in [0.1, 0.15) is 18.7 Å². The molecular weight excluding hydrogens is 372 g/mol. The number of thiophene rings is 1. The van der Waals surface area contributed by atoms with Crippen molar-refractivity contribution in [2.75, 3.05) is 6.54 Å². The maximum Gasteiger partial charge on any atom is 0.199 e. The summed E-state index contributed by atoms with van der Waals surface area (Å²) < 4.78 is 5.58. The van der Waals surface area contributed by atoms with Crippen molar-refractivity contribution in [3.63, 3.8) is 0 Å². The first kappa shape index (κ1) is 18.3. The van der Waals surface area contributed by atoms with Crippen molar-refractivity contribution in [3.8, 4) is 11.4 Å². The minimum Gasteiger partial charge on any atom is -0.300 e. The van der Waals surface area contributed by atoms with Crippen LogP contribution in [0.3, 0.4) is 0 Å². The molecule has 0 radical (unpaired) electrons. The molecule has 2 heterocycles. The lowest BCUT2D eigenvalue weighted by molar-refractivity contribution is 0.209. The summed E-state index contributed by atoms with van der Waals surface area (Å²) in [5.41, 5.74) is 1.09. The second-order valence-electron chi connectivity index (χ2n) is 5.71. The predicted molar refractivity (Wildman–Crippen MR) is 108 cm³/mol. The van der Waals surface area contributed by atoms with E-state index < -0.39 is 0 Å². The standard InChI is InChI=1S/C18H21ClN4S2/c1-3-21(12-15-10-11-16(19)25-15)13-23-18(24)22(4-2)17(20-23)14-8-6-5-7-9-14/h5-11H,3-4,12-13H2,1-2H3. The zero-order valence-electron chi connectivity index (χ0n) is 14.4. The molecule has 0 aliphatic heterocycles. The van der Waals surface area contributed by atoms with E-state index in [1.807, 2.05) is 28.9 Å². The molecule has 25 heavy (non-hydrogen) atoms. The lowest BCUT2D eigenvalue weighted by atomic mass is 10.2. The fourth-order valence-corrected chi connectivity index (χ4v) is 4.17. The van der Waals surface area contributed by atoms with E-state index in [1.165, 1.54) is 4.88 Å². The Morgan fingerprint density at radius 2 is 1.92 bits per heavy atom. The van der Waals surface area contributed by atoms with E-state index in [1.54, 1.807) is 11.3 Å². The van der Waals surface area contributed by atoms with Gasteiger partial charge >= 0.3 is 0 Å². The third-order valence-electron chi connectivity index (χ3n) is 4.06. The highest BCUT2D eigenvalue weighted by atomic mass is 35.5. The zero-order chi connectivity index (χ0) is 17.8. The van der Waals surface area contributed by atoms with Crippen molar-refractivity contribution < 1.29 is 0 Å². The molecule has 0 bridgehead atoms. The Morgan fingerprint density at radius 1 is 1.16 bits per heavy atom. The van der Waals surface area contributed by atoms with Gasteiger partial charge in [-0.05, 0) is 37.8 Å². The summed E-state index contributed by atoms with van der Waals surface area (Å²) in [6.45, 7) is 7.47. The number of hydrogen-bond donors (Lipinski definition) is 0. The van der Waals surface area contributed by atoms with E-state index in [4.69, 9.17) is 28.9 Å². The third kappa shape index (κ3) is 4.20. The van der Waals surface area contributed by atoms with Crippen molar-refractivity contribution in [1.82, 2.24) is 19.2 Å². The van der Waals surface area contributed by atoms with E-state index in [0.717, 1.165) is 40.1 Å². The molecule has 0 spiro atoms. The van der Waals surface area contributed by atoms with Crippen LogP contribution < -0.4 is 0 Å². The van der Waals surface area contributed by atoms with Gasteiger partial charge in [0.25, 0.3) is 0 Å². The third-order valence-corrected chi connectivity index (χ3v) is 5.71. The molecule has 3 aromatic rings. The van der Waals surface area contributed by atoms with Gasteiger partial charge in [0.1, 0.15) is 0 Å². The van der Waals surface area contributed by atoms with Crippen molar-refractivity contribution in [2.45, 2.75) is 33.6 Å². The van der Waals surface area contributed by atoms with Crippen LogP contribution in [0.25, 0.3) is 11.4 Å². The van der Waals surface area contributed by atoms with Gasteiger partial charge in [-0.1, -0.05) is 48.9 Å². The Hall–Kier alpha value is -1.47. The van der Waals surface area contributed by atoms with Crippen molar-refractivity contribution >= 4 is 35.2 Å². The highest BCUT2D eigenvalue weighted by Crippen LogP contribution is 2.23. The van der Waals surface area contributed by atoms with Gasteiger partial charge in [-0.25, -0.2) is 4.68 Å². The lowest BCUT2D eigenvalue weighted by Gasteiger charge is -2.19. The molecule has 0 saturated carbocycles. The first-order valence-corrected chi connectivity index (χ1v) is 9.92. The molecule has 0 saturated heterocycles. The monoisotopic (exact) mass is 392 g/mol. The summed E-state index contributed by atoms with van der Waals surface area (Å²) >= 11 is 13.3. The molecule has 3 rings (SSSR count). The molecule has 0 atom stereocenters. The van der Waals surface area contributed by atoms with Crippen LogP contribution in [0.5, 0.6) is 0 Å². The summed E-state index contributed by atoms with van der Waals surface area (Å²) in [7, 11) is 0. The van der Waals surface area contributed by atoms with Crippen molar-refractivity contribution in [2.24, 2.45) is 0 Å². The summed E-state index contributed by atoms with van der Waals surface area (Å²) in [6, 6.07) is 14.2. The molecular formula is C18H21ClN4S2. The van der Waals surface area contributed by atoms with Gasteiger partial charge in [0.15, 0.2) is 10.6 Å². The molecule has 0 aliphatic carbocycles. The molecule has 7 heteroatoms. The van der Waals surface area contributed by atoms with Crippen molar-refractivity contribution in [1.29, 1.82) is 0 Å². The second-order valence-corrected chi connectivity index (χ2v) is 7.87. The number of rotatable bonds is 7. The molecule has 0 unspecified atom stereocenters. The number of benzene rings is 1. The van der Waals surface area contributed by atoms with Gasteiger partial charge in [0, 0.05) is 23.5 Å². The average Bonchev–Trinajstić information content (AvgIpc) is 3.18. The molecule has 0 aliphatic rings. The maximum atomic E-state index is 6.05. The molecule has 0 amide bonds. The highest BCUT2D eigenvalue weighted by molar-refractivity contribution is 7.71. The normalized spacial score (nSPS) is 11.4. The van der Waals surface area contributed by atoms with Crippen LogP contribution >= 0.6 is 35.2 Å². The quantitative estimate of drug-likeness (QED) is 0.510. The van der Waals surface area contributed by atoms with Gasteiger partial charge in [0.2, 0.25) is 0 Å². The molecule has 2 aromatic heterocycles. The fourth-order valence-electron chi connectivity index (χ4n) is 2.73. The second kappa shape index (κ2) is 8.27. The van der Waals surface area contributed by atoms with Crippen LogP contribution in [0.2, 0.25) is 4.34 Å². The van der Waals surface area contributed by atoms with Gasteiger partial charge in [0.05, 0.1) is 11.0 Å². The Morgan fingerprint density at radius 3 is 2.52 bits per heavy atom. The van der Waals surface area contributed by atoms with Crippen LogP contribution in [0, 0.1) is 4.77 Å². The van der Waals surface area contributed by atoms with Crippen LogP contribution in [-0.2, 0) is 19.8 Å². The minimum atomic E-state index is 0.664. The number of hydrogen-bond acceptors (Lipinski definition) is 4. The molecule has 4 nitrogen and oxygen atoms in total. The van der Waals surface area contributed by atoms with Gasteiger partial charge in [-0.2, -0.15) is 5.10 Å². The average molecular weight is 393 g/mol. The van der Waals surface area contributed by atoms with Crippen molar-refractivity contribution in [3.05, 3.63) is 56.4 Å². The SMILES string of the molecule is CCN(Cc1ccc(Cl)s1)Cn1nc(-c2ccccc2)n(CC)c1=S. The topological polar surface area (TPSA) is 26.0 Å². The van der Waals surface area contributed by atoms with Crippen LogP contribution in [0.4, 0.5) is 0 Å². The van der Waals surface area contributed by atoms with Gasteiger partial charge < -0.3 is 4.57 Å². The zero-order valence-corrected chi connectivity index (χ0v) is 16.7. The smallest absolute Gasteiger partial charge is 0.199 e. The Bertz CT molecular complexity index is 882. The molecule has 1 aromatic carbocycles. The van der Waals surface area contributed by atoms with E-state index >= 15 is 0 Å². The minimum absolute atomic E-state index is 0.664. The van der Waals surface area contributed by atoms with Gasteiger partial charge in [-0.3, -0.25) is 4.90 Å². The molecule has 0 fully saturated rings. The molecule has 132 valence electrons.